The van der Waals surface area contributed by atoms with Crippen LogP contribution in [0.25, 0.3) is 77.1 Å². The third-order valence-electron chi connectivity index (χ3n) is 10.8. The number of rotatable bonds is 5. The molecule has 246 valence electrons. The molecule has 1 fully saturated rings. The van der Waals surface area contributed by atoms with Crippen LogP contribution in [-0.2, 0) is 9.31 Å². The molecule has 0 amide bonds. The molecule has 1 aliphatic heterocycles. The summed E-state index contributed by atoms with van der Waals surface area (Å²) < 4.78 is 12.7. The first-order chi connectivity index (χ1) is 24.8. The van der Waals surface area contributed by atoms with Gasteiger partial charge in [0, 0.05) is 23.5 Å². The summed E-state index contributed by atoms with van der Waals surface area (Å²) in [6.07, 6.45) is 3.70. The highest BCUT2D eigenvalue weighted by atomic mass is 16.7. The fourth-order valence-corrected chi connectivity index (χ4v) is 7.37. The molecule has 1 saturated heterocycles. The van der Waals surface area contributed by atoms with E-state index < -0.39 is 7.12 Å². The monoisotopic (exact) mass is 660 g/mol. The molecule has 2 aromatic heterocycles. The molecule has 8 aromatic rings. The van der Waals surface area contributed by atoms with E-state index in [1.165, 1.54) is 43.4 Å². The van der Waals surface area contributed by atoms with Gasteiger partial charge in [-0.3, -0.25) is 9.97 Å². The molecular formula is C46H37BN2O2. The number of benzene rings is 6. The average molecular weight is 661 g/mol. The fraction of sp³-hybridized carbons (Fsp3) is 0.130. The first-order valence-corrected chi connectivity index (χ1v) is 17.6. The van der Waals surface area contributed by atoms with Crippen LogP contribution in [0, 0.1) is 0 Å². The van der Waals surface area contributed by atoms with Gasteiger partial charge in [0.25, 0.3) is 0 Å². The lowest BCUT2D eigenvalue weighted by molar-refractivity contribution is 0.00578. The van der Waals surface area contributed by atoms with Gasteiger partial charge in [-0.05, 0) is 142 Å². The maximum absolute atomic E-state index is 6.36. The summed E-state index contributed by atoms with van der Waals surface area (Å²) >= 11 is 0. The van der Waals surface area contributed by atoms with Crippen LogP contribution in [0.1, 0.15) is 27.7 Å². The topological polar surface area (TPSA) is 44.2 Å². The van der Waals surface area contributed by atoms with Crippen LogP contribution in [0.3, 0.4) is 0 Å². The van der Waals surface area contributed by atoms with Gasteiger partial charge in [-0.25, -0.2) is 0 Å². The maximum atomic E-state index is 6.36. The van der Waals surface area contributed by atoms with Crippen LogP contribution in [0.2, 0.25) is 0 Å². The highest BCUT2D eigenvalue weighted by molar-refractivity contribution is 6.62. The van der Waals surface area contributed by atoms with E-state index in [0.717, 1.165) is 39.1 Å². The molecule has 5 heteroatoms. The van der Waals surface area contributed by atoms with Crippen molar-refractivity contribution >= 4 is 44.9 Å². The Morgan fingerprint density at radius 3 is 1.31 bits per heavy atom. The van der Waals surface area contributed by atoms with Crippen LogP contribution >= 0.6 is 0 Å². The van der Waals surface area contributed by atoms with Crippen molar-refractivity contribution in [1.82, 2.24) is 9.97 Å². The van der Waals surface area contributed by atoms with Gasteiger partial charge in [-0.1, -0.05) is 84.9 Å². The lowest BCUT2D eigenvalue weighted by atomic mass is 9.78. The summed E-state index contributed by atoms with van der Waals surface area (Å²) in [5.74, 6) is 0. The lowest BCUT2D eigenvalue weighted by Crippen LogP contribution is -2.41. The van der Waals surface area contributed by atoms with E-state index in [9.17, 15) is 0 Å². The summed E-state index contributed by atoms with van der Waals surface area (Å²) in [6.45, 7) is 8.37. The molecule has 4 nitrogen and oxygen atoms in total. The van der Waals surface area contributed by atoms with Crippen LogP contribution in [0.15, 0.2) is 152 Å². The molecule has 51 heavy (non-hydrogen) atoms. The van der Waals surface area contributed by atoms with E-state index >= 15 is 0 Å². The van der Waals surface area contributed by atoms with Crippen molar-refractivity contribution in [2.45, 2.75) is 38.9 Å². The minimum absolute atomic E-state index is 0.384. The smallest absolute Gasteiger partial charge is 0.399 e. The number of hydrogen-bond donors (Lipinski definition) is 0. The predicted molar refractivity (Wildman–Crippen MR) is 212 cm³/mol. The molecule has 0 saturated carbocycles. The zero-order chi connectivity index (χ0) is 34.7. The minimum Gasteiger partial charge on any atom is -0.399 e. The van der Waals surface area contributed by atoms with E-state index in [1.807, 2.05) is 36.7 Å². The number of fused-ring (bicyclic) bond motifs is 5. The normalized spacial score (nSPS) is 15.2. The van der Waals surface area contributed by atoms with Crippen LogP contribution in [0.4, 0.5) is 0 Å². The molecule has 3 heterocycles. The second-order valence-electron chi connectivity index (χ2n) is 14.5. The lowest BCUT2D eigenvalue weighted by Gasteiger charge is -2.32. The zero-order valence-corrected chi connectivity index (χ0v) is 29.2. The van der Waals surface area contributed by atoms with Crippen molar-refractivity contribution in [3.63, 3.8) is 0 Å². The molecule has 6 aromatic carbocycles. The van der Waals surface area contributed by atoms with Gasteiger partial charge in [-0.15, -0.1) is 0 Å². The number of aromatic nitrogens is 2. The first-order valence-electron chi connectivity index (χ1n) is 17.6. The van der Waals surface area contributed by atoms with Crippen molar-refractivity contribution in [2.75, 3.05) is 0 Å². The van der Waals surface area contributed by atoms with Gasteiger partial charge in [0.15, 0.2) is 0 Å². The van der Waals surface area contributed by atoms with Crippen LogP contribution < -0.4 is 5.46 Å². The standard InChI is InChI=1S/C46H37BN2O2/c1-45(2)46(3,4)51-47(50-45)34-21-19-30(20-22-34)39-28-41-38-16-8-6-14-36(38)40(29-42(41)37-15-7-5-13-35(37)39)31-25-32(43-17-9-11-23-48-43)27-33(26-31)44-18-10-12-24-49-44/h5-29H,1-4H3. The number of pyridine rings is 2. The average Bonchev–Trinajstić information content (AvgIpc) is 3.40. The Balaban J connectivity index is 1.24. The molecule has 0 spiro atoms. The first kappa shape index (κ1) is 31.4. The fourth-order valence-electron chi connectivity index (χ4n) is 7.37. The van der Waals surface area contributed by atoms with Crippen molar-refractivity contribution in [2.24, 2.45) is 0 Å². The third kappa shape index (κ3) is 5.41. The minimum atomic E-state index is -0.394. The van der Waals surface area contributed by atoms with Gasteiger partial charge < -0.3 is 9.31 Å². The summed E-state index contributed by atoms with van der Waals surface area (Å²) in [7, 11) is -0.394. The Bertz CT molecular complexity index is 2510. The van der Waals surface area contributed by atoms with Crippen LogP contribution in [-0.4, -0.2) is 28.3 Å². The molecule has 0 atom stereocenters. The maximum Gasteiger partial charge on any atom is 0.494 e. The summed E-state index contributed by atoms with van der Waals surface area (Å²) in [5.41, 5.74) is 8.90. The van der Waals surface area contributed by atoms with Gasteiger partial charge in [0.2, 0.25) is 0 Å². The highest BCUT2D eigenvalue weighted by Gasteiger charge is 2.51. The van der Waals surface area contributed by atoms with E-state index in [1.54, 1.807) is 0 Å². The second-order valence-corrected chi connectivity index (χ2v) is 14.5. The molecule has 1 aliphatic rings. The Hall–Kier alpha value is -5.62. The van der Waals surface area contributed by atoms with Gasteiger partial charge in [0.05, 0.1) is 22.6 Å². The SMILES string of the molecule is CC1(C)OB(c2ccc(-c3cc4c5ccccc5c(-c5cc(-c6ccccn6)cc(-c6ccccn6)c5)cc4c4ccccc34)cc2)OC1(C)C. The zero-order valence-electron chi connectivity index (χ0n) is 29.2. The second kappa shape index (κ2) is 12.0. The van der Waals surface area contributed by atoms with Gasteiger partial charge >= 0.3 is 7.12 Å². The number of hydrogen-bond acceptors (Lipinski definition) is 4. The Labute approximate surface area is 298 Å². The predicted octanol–water partition coefficient (Wildman–Crippen LogP) is 10.9. The third-order valence-corrected chi connectivity index (χ3v) is 10.8. The van der Waals surface area contributed by atoms with Crippen molar-refractivity contribution < 1.29 is 9.31 Å². The summed E-state index contributed by atoms with van der Waals surface area (Å²) in [4.78, 5) is 9.43. The molecule has 0 N–H and O–H groups in total. The van der Waals surface area contributed by atoms with Gasteiger partial charge in [0.1, 0.15) is 0 Å². The Morgan fingerprint density at radius 2 is 0.843 bits per heavy atom. The van der Waals surface area contributed by atoms with Gasteiger partial charge in [-0.2, -0.15) is 0 Å². The quantitative estimate of drug-likeness (QED) is 0.136. The molecule has 0 radical (unpaired) electrons. The highest BCUT2D eigenvalue weighted by Crippen LogP contribution is 2.43. The van der Waals surface area contributed by atoms with E-state index in [2.05, 4.69) is 143 Å². The Morgan fingerprint density at radius 1 is 0.412 bits per heavy atom. The van der Waals surface area contributed by atoms with E-state index in [4.69, 9.17) is 19.3 Å². The van der Waals surface area contributed by atoms with Crippen molar-refractivity contribution in [1.29, 1.82) is 0 Å². The Kier molecular flexibility index (Phi) is 7.39. The van der Waals surface area contributed by atoms with Crippen molar-refractivity contribution in [3.8, 4) is 44.8 Å². The van der Waals surface area contributed by atoms with Crippen molar-refractivity contribution in [3.05, 3.63) is 152 Å². The molecule has 9 rings (SSSR count). The molecular weight excluding hydrogens is 623 g/mol. The molecule has 0 unspecified atom stereocenters. The largest absolute Gasteiger partial charge is 0.494 e. The summed E-state index contributed by atoms with van der Waals surface area (Å²) in [5, 5.41) is 7.30. The van der Waals surface area contributed by atoms with Crippen LogP contribution in [0.5, 0.6) is 0 Å². The molecule has 0 aliphatic carbocycles. The van der Waals surface area contributed by atoms with E-state index in [0.29, 0.717) is 0 Å². The van der Waals surface area contributed by atoms with E-state index in [-0.39, 0.29) is 11.2 Å². The molecule has 0 bridgehead atoms. The summed E-state index contributed by atoms with van der Waals surface area (Å²) in [6, 6.07) is 49.8. The number of nitrogens with zero attached hydrogens (tertiary/aromatic N) is 2.